The molecule has 3 heterocycles. The quantitative estimate of drug-likeness (QED) is 0.318. The fraction of sp³-hybridized carbons (Fsp3) is 0.200. The highest BCUT2D eigenvalue weighted by Crippen LogP contribution is 2.42. The molecule has 166 valence electrons. The molecule has 0 radical (unpaired) electrons. The normalized spacial score (nSPS) is 13.8. The predicted molar refractivity (Wildman–Crippen MR) is 135 cm³/mol. The molecule has 0 spiro atoms. The maximum Gasteiger partial charge on any atom is 0.216 e. The van der Waals surface area contributed by atoms with Crippen molar-refractivity contribution in [2.24, 2.45) is 7.05 Å². The number of aromatic nitrogens is 1. The Morgan fingerprint density at radius 2 is 1.74 bits per heavy atom. The average Bonchev–Trinajstić information content (AvgIpc) is 3.22. The lowest BCUT2D eigenvalue weighted by Gasteiger charge is -2.25. The number of nitrogens with zero attached hydrogens (tertiary/aromatic N) is 3. The zero-order chi connectivity index (χ0) is 23.4. The van der Waals surface area contributed by atoms with Crippen LogP contribution >= 0.6 is 0 Å². The Hall–Kier alpha value is -3.94. The monoisotopic (exact) mass is 444 g/mol. The predicted octanol–water partition coefficient (Wildman–Crippen LogP) is 5.91. The molecule has 0 amide bonds. The summed E-state index contributed by atoms with van der Waals surface area (Å²) in [5, 5.41) is 12.1. The molecule has 0 saturated carbocycles. The van der Waals surface area contributed by atoms with Gasteiger partial charge in [-0.25, -0.2) is 4.57 Å². The fourth-order valence-corrected chi connectivity index (χ4v) is 5.34. The maximum absolute atomic E-state index is 10.0. The van der Waals surface area contributed by atoms with Gasteiger partial charge in [0.15, 0.2) is 6.20 Å². The van der Waals surface area contributed by atoms with Crippen molar-refractivity contribution in [3.05, 3.63) is 89.1 Å². The van der Waals surface area contributed by atoms with Crippen molar-refractivity contribution < 1.29 is 8.98 Å². The van der Waals surface area contributed by atoms with Crippen molar-refractivity contribution in [1.29, 1.82) is 5.26 Å². The Labute approximate surface area is 199 Å². The van der Waals surface area contributed by atoms with Gasteiger partial charge in [-0.05, 0) is 66.9 Å². The summed E-state index contributed by atoms with van der Waals surface area (Å²) in [6.07, 6.45) is 3.11. The van der Waals surface area contributed by atoms with Gasteiger partial charge < -0.3 is 9.32 Å². The first-order valence-corrected chi connectivity index (χ1v) is 11.7. The van der Waals surface area contributed by atoms with E-state index in [2.05, 4.69) is 85.2 Å². The summed E-state index contributed by atoms with van der Waals surface area (Å²) in [4.78, 5) is 2.34. The van der Waals surface area contributed by atoms with Gasteiger partial charge in [0.2, 0.25) is 5.69 Å². The number of fused-ring (bicyclic) bond motifs is 4. The highest BCUT2D eigenvalue weighted by atomic mass is 16.3. The summed E-state index contributed by atoms with van der Waals surface area (Å²) in [5.41, 5.74) is 10.3. The second-order valence-corrected chi connectivity index (χ2v) is 9.38. The molecular weight excluding hydrogens is 418 g/mol. The third-order valence-corrected chi connectivity index (χ3v) is 7.15. The van der Waals surface area contributed by atoms with E-state index in [9.17, 15) is 5.26 Å². The van der Waals surface area contributed by atoms with Crippen LogP contribution in [0.1, 0.15) is 22.3 Å². The molecule has 0 saturated heterocycles. The number of rotatable bonds is 2. The minimum Gasteiger partial charge on any atom is -0.454 e. The Balaban J connectivity index is 1.66. The molecule has 34 heavy (non-hydrogen) atoms. The van der Waals surface area contributed by atoms with Crippen molar-refractivity contribution in [2.75, 3.05) is 13.6 Å². The molecule has 0 atom stereocenters. The van der Waals surface area contributed by atoms with Gasteiger partial charge in [-0.2, -0.15) is 5.26 Å². The molecule has 0 N–H and O–H groups in total. The first-order chi connectivity index (χ1) is 16.5. The van der Waals surface area contributed by atoms with Gasteiger partial charge in [0.05, 0.1) is 17.2 Å². The Morgan fingerprint density at radius 3 is 2.53 bits per heavy atom. The molecule has 6 rings (SSSR count). The van der Waals surface area contributed by atoms with Crippen molar-refractivity contribution in [2.45, 2.75) is 19.9 Å². The second-order valence-electron chi connectivity index (χ2n) is 9.38. The van der Waals surface area contributed by atoms with Crippen LogP contribution in [0.25, 0.3) is 44.3 Å². The number of furan rings is 1. The number of benzene rings is 3. The highest BCUT2D eigenvalue weighted by Gasteiger charge is 2.23. The Kier molecular flexibility index (Phi) is 4.76. The Morgan fingerprint density at radius 1 is 0.941 bits per heavy atom. The lowest BCUT2D eigenvalue weighted by molar-refractivity contribution is -0.660. The van der Waals surface area contributed by atoms with E-state index in [0.717, 1.165) is 69.4 Å². The molecule has 0 aliphatic carbocycles. The van der Waals surface area contributed by atoms with Crippen LogP contribution in [0.3, 0.4) is 0 Å². The number of nitriles is 1. The van der Waals surface area contributed by atoms with E-state index >= 15 is 0 Å². The average molecular weight is 445 g/mol. The number of aryl methyl sites for hydroxylation is 2. The van der Waals surface area contributed by atoms with Crippen molar-refractivity contribution >= 4 is 21.9 Å². The summed E-state index contributed by atoms with van der Waals surface area (Å²) in [7, 11) is 4.21. The molecule has 5 aromatic rings. The topological polar surface area (TPSA) is 44.1 Å². The number of likely N-dealkylation sites (N-methyl/N-ethyl adjacent to an activating group) is 1. The lowest BCUT2D eigenvalue weighted by Crippen LogP contribution is -2.30. The van der Waals surface area contributed by atoms with E-state index in [-0.39, 0.29) is 0 Å². The van der Waals surface area contributed by atoms with E-state index in [0.29, 0.717) is 5.56 Å². The van der Waals surface area contributed by atoms with E-state index in [1.54, 1.807) is 0 Å². The van der Waals surface area contributed by atoms with Crippen LogP contribution in [-0.2, 0) is 20.0 Å². The van der Waals surface area contributed by atoms with Crippen molar-refractivity contribution in [1.82, 2.24) is 4.90 Å². The van der Waals surface area contributed by atoms with Gasteiger partial charge >= 0.3 is 0 Å². The van der Waals surface area contributed by atoms with Crippen LogP contribution in [0.2, 0.25) is 0 Å². The van der Waals surface area contributed by atoms with Crippen LogP contribution < -0.4 is 4.57 Å². The van der Waals surface area contributed by atoms with Crippen molar-refractivity contribution in [3.8, 4) is 28.5 Å². The third kappa shape index (κ3) is 3.13. The van der Waals surface area contributed by atoms with Gasteiger partial charge in [-0.1, -0.05) is 24.3 Å². The maximum atomic E-state index is 10.0. The molecule has 3 aromatic carbocycles. The molecule has 1 aliphatic heterocycles. The smallest absolute Gasteiger partial charge is 0.216 e. The van der Waals surface area contributed by atoms with E-state index < -0.39 is 0 Å². The molecular formula is C30H26N3O+. The summed E-state index contributed by atoms with van der Waals surface area (Å²) < 4.78 is 8.81. The summed E-state index contributed by atoms with van der Waals surface area (Å²) in [6.45, 7) is 4.12. The van der Waals surface area contributed by atoms with E-state index in [1.807, 2.05) is 18.2 Å². The molecule has 2 aromatic heterocycles. The molecule has 4 nitrogen and oxygen atoms in total. The van der Waals surface area contributed by atoms with Gasteiger partial charge in [-0.3, -0.25) is 0 Å². The van der Waals surface area contributed by atoms with Gasteiger partial charge in [-0.15, -0.1) is 0 Å². The second kappa shape index (κ2) is 7.83. The summed E-state index contributed by atoms with van der Waals surface area (Å²) >= 11 is 0. The fourth-order valence-electron chi connectivity index (χ4n) is 5.34. The molecule has 0 unspecified atom stereocenters. The highest BCUT2D eigenvalue weighted by molar-refractivity contribution is 6.14. The van der Waals surface area contributed by atoms with Crippen LogP contribution in [0.4, 0.5) is 0 Å². The first-order valence-electron chi connectivity index (χ1n) is 11.7. The largest absolute Gasteiger partial charge is 0.454 e. The van der Waals surface area contributed by atoms with Crippen LogP contribution in [0.5, 0.6) is 0 Å². The van der Waals surface area contributed by atoms with E-state index in [4.69, 9.17) is 4.42 Å². The Bertz CT molecular complexity index is 1640. The lowest BCUT2D eigenvalue weighted by atomic mass is 9.92. The van der Waals surface area contributed by atoms with Gasteiger partial charge in [0.25, 0.3) is 0 Å². The summed E-state index contributed by atoms with van der Waals surface area (Å²) in [6, 6.07) is 23.5. The van der Waals surface area contributed by atoms with E-state index in [1.165, 1.54) is 11.1 Å². The third-order valence-electron chi connectivity index (χ3n) is 7.15. The SMILES string of the molecule is Cc1ccc2c(oc3c(-c4ccc5c(c4)CN(C)CC5)c(C#N)ccc32)c1-c1cccc[n+]1C. The molecule has 0 bridgehead atoms. The number of pyridine rings is 1. The van der Waals surface area contributed by atoms with Crippen LogP contribution in [0, 0.1) is 18.3 Å². The van der Waals surface area contributed by atoms with Gasteiger partial charge in [0, 0.05) is 41.6 Å². The standard InChI is InChI=1S/C30H26N3O/c1-19-7-11-24-25-12-10-22(17-31)28(21-9-8-20-13-15-32(2)18-23(20)16-21)30(25)34-29(24)27(19)26-6-4-5-14-33(26)3/h4-12,14,16H,13,15,18H2,1-3H3/q+1. The zero-order valence-corrected chi connectivity index (χ0v) is 19.7. The number of hydrogen-bond donors (Lipinski definition) is 0. The first kappa shape index (κ1) is 20.7. The van der Waals surface area contributed by atoms with Gasteiger partial charge in [0.1, 0.15) is 18.2 Å². The van der Waals surface area contributed by atoms with Crippen LogP contribution in [0.15, 0.2) is 71.3 Å². The van der Waals surface area contributed by atoms with Crippen LogP contribution in [-0.4, -0.2) is 18.5 Å². The summed E-state index contributed by atoms with van der Waals surface area (Å²) in [5.74, 6) is 0. The van der Waals surface area contributed by atoms with Crippen molar-refractivity contribution in [3.63, 3.8) is 0 Å². The molecule has 4 heteroatoms. The molecule has 0 fully saturated rings. The number of hydrogen-bond acceptors (Lipinski definition) is 3. The molecule has 1 aliphatic rings. The minimum absolute atomic E-state index is 0.638. The zero-order valence-electron chi connectivity index (χ0n) is 19.7. The minimum atomic E-state index is 0.638.